The van der Waals surface area contributed by atoms with Crippen molar-refractivity contribution in [1.82, 2.24) is 0 Å². The molecule has 17 heteroatoms. The zero-order valence-electron chi connectivity index (χ0n) is 67.5. The zero-order valence-corrected chi connectivity index (χ0v) is 69.1. The molecule has 2 aliphatic heterocycles. The van der Waals surface area contributed by atoms with E-state index in [1.165, 1.54) is 77.9 Å². The summed E-state index contributed by atoms with van der Waals surface area (Å²) in [6.07, 6.45) is 4.18. The first-order valence-corrected chi connectivity index (χ1v) is 40.2. The molecule has 0 spiro atoms. The summed E-state index contributed by atoms with van der Waals surface area (Å²) < 4.78 is 72.9. The molecule has 2 fully saturated rings. The van der Waals surface area contributed by atoms with E-state index in [-0.39, 0.29) is 10.8 Å². The largest absolute Gasteiger partial charge is 0.494 e. The van der Waals surface area contributed by atoms with E-state index in [4.69, 9.17) is 56.5 Å². The number of anilines is 4. The van der Waals surface area contributed by atoms with E-state index in [1.54, 1.807) is 28.4 Å². The van der Waals surface area contributed by atoms with Gasteiger partial charge >= 0.3 is 14.2 Å². The highest BCUT2D eigenvalue weighted by molar-refractivity contribution is 9.10. The molecule has 14 nitrogen and oxygen atoms in total. The van der Waals surface area contributed by atoms with Gasteiger partial charge in [-0.3, -0.25) is 0 Å². The van der Waals surface area contributed by atoms with E-state index in [1.807, 2.05) is 42.5 Å². The molecular weight excluding hydrogens is 1460 g/mol. The summed E-state index contributed by atoms with van der Waals surface area (Å²) in [5.74, 6) is 0. The van der Waals surface area contributed by atoms with Gasteiger partial charge in [0.2, 0.25) is 0 Å². The van der Waals surface area contributed by atoms with Crippen LogP contribution in [0.25, 0.3) is 44.5 Å². The first-order chi connectivity index (χ1) is 54.2. The van der Waals surface area contributed by atoms with Crippen LogP contribution in [-0.2, 0) is 73.8 Å². The molecule has 0 atom stereocenters. The van der Waals surface area contributed by atoms with Crippen molar-refractivity contribution in [3.8, 4) is 44.5 Å². The summed E-state index contributed by atoms with van der Waals surface area (Å²) in [6, 6.07) is 84.2. The SMILES string of the molecule is Brc1ccc(Cc2ccccc2)cc1.COCCOCCC1(CCOCCOC)c2cc(-c3ccc(Nc4ccccc4)cc3)ccc2-c2ccc(-c3ccc(Nc4ccccc4)cc3)cc21.COCCOCCC1(CCOCCOC)c2cc(B3OC(C)(C)C(C)(C)O3)ccc2-c2ccc(B3OC(C)(C)C(C)(C)O3)cc21. The minimum atomic E-state index is -0.460. The van der Waals surface area contributed by atoms with Crippen LogP contribution in [0.15, 0.2) is 241 Å². The smallest absolute Gasteiger partial charge is 0.399 e. The lowest BCUT2D eigenvalue weighted by atomic mass is 9.68. The average Bonchev–Trinajstić information content (AvgIpc) is 1.56. The number of hydrogen-bond acceptors (Lipinski definition) is 14. The molecule has 0 aromatic heterocycles. The van der Waals surface area contributed by atoms with E-state index in [9.17, 15) is 0 Å². The molecular formula is C95H111B2BrN2O12. The Balaban J connectivity index is 0.000000178. The van der Waals surface area contributed by atoms with E-state index in [0.717, 1.165) is 70.3 Å². The predicted molar refractivity (Wildman–Crippen MR) is 460 cm³/mol. The van der Waals surface area contributed by atoms with Crippen LogP contribution in [0.3, 0.4) is 0 Å². The highest BCUT2D eigenvalue weighted by Crippen LogP contribution is 2.56. The van der Waals surface area contributed by atoms with Crippen molar-refractivity contribution in [3.05, 3.63) is 274 Å². The standard InChI is InChI=1S/C47H48N2O4.C35H52B2O8.C13H11Br/c1-50-29-31-52-27-25-47(26-28-53-32-30-51-2)45-33-37(35-13-19-41(20-14-35)48-39-9-5-3-6-10-39)17-23-43(45)44-24-18-38(34-46(44)47)36-15-21-42(22-16-36)49-40-11-7-4-8-12-40;1-31(2)32(3,4)43-36(42-31)25-11-13-27-28-14-12-26(37-44-33(5,6)34(7,8)45-37)24-30(28)35(29(27)23-25,15-17-40-21-19-38-9)16-18-41-22-20-39-10;14-13-8-6-12(7-9-13)10-11-4-2-1-3-5-11/h3-24,33-34,48-49H,25-32H2,1-2H3;11-14,23-24H,15-22H2,1-10H3;1-9H,10H2. The van der Waals surface area contributed by atoms with Crippen molar-refractivity contribution in [1.29, 1.82) is 0 Å². The minimum Gasteiger partial charge on any atom is -0.399 e. The lowest BCUT2D eigenvalue weighted by Gasteiger charge is -2.33. The summed E-state index contributed by atoms with van der Waals surface area (Å²) in [4.78, 5) is 0. The molecule has 4 aliphatic rings. The molecule has 14 rings (SSSR count). The summed E-state index contributed by atoms with van der Waals surface area (Å²) in [5.41, 5.74) is 21.3. The van der Waals surface area contributed by atoms with Crippen LogP contribution in [-0.4, -0.2) is 144 Å². The number of methoxy groups -OCH3 is 4. The van der Waals surface area contributed by atoms with Crippen LogP contribution >= 0.6 is 15.9 Å². The van der Waals surface area contributed by atoms with Crippen LogP contribution in [0.5, 0.6) is 0 Å². The van der Waals surface area contributed by atoms with Crippen molar-refractivity contribution in [2.24, 2.45) is 0 Å². The Morgan fingerprint density at radius 2 is 0.580 bits per heavy atom. The Hall–Kier alpha value is -8.07. The van der Waals surface area contributed by atoms with Gasteiger partial charge < -0.3 is 67.1 Å². The Bertz CT molecular complexity index is 4340. The zero-order chi connectivity index (χ0) is 78.8. The summed E-state index contributed by atoms with van der Waals surface area (Å²) in [6.45, 7) is 23.5. The third-order valence-corrected chi connectivity index (χ3v) is 23.5. The van der Waals surface area contributed by atoms with Crippen molar-refractivity contribution in [3.63, 3.8) is 0 Å². The second-order valence-corrected chi connectivity index (χ2v) is 32.2. The van der Waals surface area contributed by atoms with Gasteiger partial charge in [0.15, 0.2) is 0 Å². The number of hydrogen-bond donors (Lipinski definition) is 2. The summed E-state index contributed by atoms with van der Waals surface area (Å²) >= 11 is 3.43. The van der Waals surface area contributed by atoms with E-state index in [2.05, 4.69) is 276 Å². The van der Waals surface area contributed by atoms with Gasteiger partial charge in [0.25, 0.3) is 0 Å². The lowest BCUT2D eigenvalue weighted by molar-refractivity contribution is 0.00578. The fraction of sp³-hybridized carbons (Fsp3) is 0.368. The second kappa shape index (κ2) is 38.4. The second-order valence-electron chi connectivity index (χ2n) is 31.3. The third-order valence-electron chi connectivity index (χ3n) is 23.0. The van der Waals surface area contributed by atoms with E-state index < -0.39 is 36.6 Å². The van der Waals surface area contributed by atoms with Gasteiger partial charge in [0, 0.05) is 92.9 Å². The molecule has 586 valence electrons. The lowest BCUT2D eigenvalue weighted by Crippen LogP contribution is -2.41. The first kappa shape index (κ1) is 83.4. The fourth-order valence-corrected chi connectivity index (χ4v) is 15.5. The molecule has 0 radical (unpaired) electrons. The van der Waals surface area contributed by atoms with Gasteiger partial charge in [-0.05, 0) is 249 Å². The predicted octanol–water partition coefficient (Wildman–Crippen LogP) is 19.6. The first-order valence-electron chi connectivity index (χ1n) is 39.4. The van der Waals surface area contributed by atoms with Gasteiger partial charge in [0.1, 0.15) is 0 Å². The normalized spacial score (nSPS) is 16.0. The van der Waals surface area contributed by atoms with Gasteiger partial charge in [-0.25, -0.2) is 0 Å². The number of nitrogens with one attached hydrogen (secondary N) is 2. The van der Waals surface area contributed by atoms with Crippen molar-refractivity contribution in [2.45, 2.75) is 121 Å². The van der Waals surface area contributed by atoms with E-state index >= 15 is 0 Å². The number of para-hydroxylation sites is 2. The Kier molecular flexibility index (Phi) is 28.6. The van der Waals surface area contributed by atoms with Crippen LogP contribution in [0, 0.1) is 0 Å². The van der Waals surface area contributed by atoms with Gasteiger partial charge in [-0.1, -0.05) is 180 Å². The van der Waals surface area contributed by atoms with Crippen LogP contribution in [0.1, 0.15) is 114 Å². The Morgan fingerprint density at radius 3 is 0.911 bits per heavy atom. The Morgan fingerprint density at radius 1 is 0.295 bits per heavy atom. The maximum atomic E-state index is 6.50. The molecule has 0 bridgehead atoms. The molecule has 0 unspecified atom stereocenters. The summed E-state index contributed by atoms with van der Waals surface area (Å²) in [7, 11) is 5.89. The molecule has 2 aliphatic carbocycles. The molecule has 2 N–H and O–H groups in total. The highest BCUT2D eigenvalue weighted by Gasteiger charge is 2.55. The Labute approximate surface area is 674 Å². The molecule has 2 heterocycles. The number of rotatable bonds is 34. The van der Waals surface area contributed by atoms with Crippen LogP contribution in [0.2, 0.25) is 0 Å². The quantitative estimate of drug-likeness (QED) is 0.0293. The topological polar surface area (TPSA) is 135 Å². The third kappa shape index (κ3) is 20.0. The van der Waals surface area contributed by atoms with Gasteiger partial charge in [-0.2, -0.15) is 0 Å². The van der Waals surface area contributed by atoms with E-state index in [0.29, 0.717) is 79.3 Å². The molecule has 0 amide bonds. The number of halogens is 1. The number of benzene rings is 10. The monoisotopic (exact) mass is 1570 g/mol. The van der Waals surface area contributed by atoms with Crippen LogP contribution < -0.4 is 21.6 Å². The minimum absolute atomic E-state index is 0.319. The number of ether oxygens (including phenoxy) is 8. The highest BCUT2D eigenvalue weighted by atomic mass is 79.9. The van der Waals surface area contributed by atoms with Crippen molar-refractivity contribution < 1.29 is 56.5 Å². The molecule has 0 saturated carbocycles. The van der Waals surface area contributed by atoms with Crippen LogP contribution in [0.4, 0.5) is 22.7 Å². The summed E-state index contributed by atoms with van der Waals surface area (Å²) in [5, 5.41) is 7.02. The molecule has 10 aromatic rings. The maximum absolute atomic E-state index is 6.50. The van der Waals surface area contributed by atoms with Gasteiger partial charge in [0.05, 0.1) is 75.3 Å². The van der Waals surface area contributed by atoms with Crippen molar-refractivity contribution in [2.75, 3.05) is 118 Å². The average molecular weight is 1570 g/mol. The van der Waals surface area contributed by atoms with Gasteiger partial charge in [-0.15, -0.1) is 0 Å². The molecule has 2 saturated heterocycles. The molecule has 112 heavy (non-hydrogen) atoms. The van der Waals surface area contributed by atoms with Crippen molar-refractivity contribution >= 4 is 63.8 Å². The molecule has 10 aromatic carbocycles. The fourth-order valence-electron chi connectivity index (χ4n) is 15.2. The number of fused-ring (bicyclic) bond motifs is 6. The maximum Gasteiger partial charge on any atom is 0.494 e.